The number of urea groups is 1. The second-order valence-corrected chi connectivity index (χ2v) is 6.18. The van der Waals surface area contributed by atoms with Crippen molar-refractivity contribution in [2.75, 3.05) is 13.2 Å². The molecule has 23 heavy (non-hydrogen) atoms. The van der Waals surface area contributed by atoms with E-state index >= 15 is 0 Å². The third kappa shape index (κ3) is 4.86. The molecule has 0 radical (unpaired) electrons. The molecular weight excluding hydrogens is 309 g/mol. The number of amides is 2. The molecule has 0 aromatic heterocycles. The van der Waals surface area contributed by atoms with Gasteiger partial charge < -0.3 is 15.7 Å². The topological polar surface area (TPSA) is 61.4 Å². The predicted molar refractivity (Wildman–Crippen MR) is 79.9 cm³/mol. The lowest BCUT2D eigenvalue weighted by Gasteiger charge is -2.28. The number of nitrogens with one attached hydrogen (secondary N) is 2. The Morgan fingerprint density at radius 3 is 2.35 bits per heavy atom. The quantitative estimate of drug-likeness (QED) is 0.751. The summed E-state index contributed by atoms with van der Waals surface area (Å²) in [4.78, 5) is 11.8. The molecule has 0 bridgehead atoms. The Morgan fingerprint density at radius 1 is 1.26 bits per heavy atom. The van der Waals surface area contributed by atoms with E-state index in [2.05, 4.69) is 10.6 Å². The summed E-state index contributed by atoms with van der Waals surface area (Å²) < 4.78 is 37.4. The number of rotatable bonds is 6. The number of alkyl halides is 3. The van der Waals surface area contributed by atoms with E-state index in [1.54, 1.807) is 6.92 Å². The van der Waals surface area contributed by atoms with Gasteiger partial charge in [-0.05, 0) is 49.8 Å². The summed E-state index contributed by atoms with van der Waals surface area (Å²) in [6.07, 6.45) is -1.93. The molecule has 4 nitrogen and oxygen atoms in total. The van der Waals surface area contributed by atoms with E-state index in [4.69, 9.17) is 0 Å². The first kappa shape index (κ1) is 17.6. The number of carbonyl (C=O) groups is 1. The van der Waals surface area contributed by atoms with Crippen LogP contribution in [0.3, 0.4) is 0 Å². The minimum Gasteiger partial charge on any atom is -0.394 e. The number of carbonyl (C=O) groups excluding carboxylic acids is 1. The van der Waals surface area contributed by atoms with Crippen molar-refractivity contribution in [1.82, 2.24) is 10.6 Å². The highest BCUT2D eigenvalue weighted by Gasteiger charge is 2.42. The maximum absolute atomic E-state index is 12.5. The van der Waals surface area contributed by atoms with Crippen molar-refractivity contribution in [2.45, 2.75) is 37.9 Å². The zero-order chi connectivity index (χ0) is 17.1. The van der Waals surface area contributed by atoms with Crippen LogP contribution >= 0.6 is 0 Å². The van der Waals surface area contributed by atoms with Crippen LogP contribution in [-0.2, 0) is 12.6 Å². The zero-order valence-electron chi connectivity index (χ0n) is 12.9. The number of hydrogen-bond donors (Lipinski definition) is 3. The van der Waals surface area contributed by atoms with Gasteiger partial charge in [-0.3, -0.25) is 0 Å². The minimum absolute atomic E-state index is 0.121. The van der Waals surface area contributed by atoms with Crippen LogP contribution in [0.5, 0.6) is 0 Å². The third-order valence-electron chi connectivity index (χ3n) is 4.19. The SMILES string of the molecule is CC(CO)(NC(=O)NCCc1ccc(C(F)(F)F)cc1)C1CC1. The standard InChI is InChI=1S/C16H21F3N2O2/c1-15(10-22,12-6-7-12)21-14(23)20-9-8-11-2-4-13(5-3-11)16(17,18)19/h2-5,12,22H,6-10H2,1H3,(H2,20,21,23). The van der Waals surface area contributed by atoms with E-state index in [-0.39, 0.29) is 12.6 Å². The first-order valence-corrected chi connectivity index (χ1v) is 7.57. The molecule has 1 aromatic carbocycles. The molecule has 1 saturated carbocycles. The van der Waals surface area contributed by atoms with Crippen molar-refractivity contribution in [2.24, 2.45) is 5.92 Å². The highest BCUT2D eigenvalue weighted by molar-refractivity contribution is 5.74. The van der Waals surface area contributed by atoms with Crippen molar-refractivity contribution >= 4 is 6.03 Å². The van der Waals surface area contributed by atoms with Gasteiger partial charge in [0, 0.05) is 6.54 Å². The lowest BCUT2D eigenvalue weighted by Crippen LogP contribution is -2.54. The molecule has 128 valence electrons. The van der Waals surface area contributed by atoms with E-state index in [1.807, 2.05) is 0 Å². The minimum atomic E-state index is -4.34. The van der Waals surface area contributed by atoms with Gasteiger partial charge in [-0.2, -0.15) is 13.2 Å². The van der Waals surface area contributed by atoms with Gasteiger partial charge >= 0.3 is 12.2 Å². The molecule has 0 saturated heterocycles. The highest BCUT2D eigenvalue weighted by Crippen LogP contribution is 2.39. The van der Waals surface area contributed by atoms with Gasteiger partial charge in [0.1, 0.15) is 0 Å². The summed E-state index contributed by atoms with van der Waals surface area (Å²) in [6, 6.07) is 4.51. The van der Waals surface area contributed by atoms with Gasteiger partial charge in [-0.1, -0.05) is 12.1 Å². The second-order valence-electron chi connectivity index (χ2n) is 6.18. The van der Waals surface area contributed by atoms with E-state index in [0.29, 0.717) is 24.4 Å². The Bertz CT molecular complexity index is 541. The van der Waals surface area contributed by atoms with Crippen LogP contribution in [0, 0.1) is 5.92 Å². The van der Waals surface area contributed by atoms with Gasteiger partial charge in [-0.25, -0.2) is 4.79 Å². The molecule has 2 amide bonds. The lowest BCUT2D eigenvalue weighted by atomic mass is 9.97. The fourth-order valence-electron chi connectivity index (χ4n) is 2.48. The Hall–Kier alpha value is -1.76. The molecule has 1 unspecified atom stereocenters. The van der Waals surface area contributed by atoms with Crippen LogP contribution in [0.4, 0.5) is 18.0 Å². The van der Waals surface area contributed by atoms with Crippen LogP contribution in [0.1, 0.15) is 30.9 Å². The normalized spacial score (nSPS) is 17.4. The summed E-state index contributed by atoms with van der Waals surface area (Å²) in [5, 5.41) is 14.8. The molecule has 0 heterocycles. The van der Waals surface area contributed by atoms with Crippen LogP contribution in [0.25, 0.3) is 0 Å². The Morgan fingerprint density at radius 2 is 1.87 bits per heavy atom. The molecule has 1 aromatic rings. The summed E-state index contributed by atoms with van der Waals surface area (Å²) in [5.41, 5.74) is -0.584. The first-order chi connectivity index (χ1) is 10.7. The smallest absolute Gasteiger partial charge is 0.394 e. The number of aliphatic hydroxyl groups excluding tert-OH is 1. The number of aliphatic hydroxyl groups is 1. The second kappa shape index (κ2) is 6.78. The van der Waals surface area contributed by atoms with Gasteiger partial charge in [-0.15, -0.1) is 0 Å². The van der Waals surface area contributed by atoms with Crippen LogP contribution < -0.4 is 10.6 Å². The third-order valence-corrected chi connectivity index (χ3v) is 4.19. The van der Waals surface area contributed by atoms with E-state index in [1.165, 1.54) is 12.1 Å². The molecular formula is C16H21F3N2O2. The summed E-state index contributed by atoms with van der Waals surface area (Å²) in [6.45, 7) is 1.99. The van der Waals surface area contributed by atoms with Gasteiger partial charge in [0.2, 0.25) is 0 Å². The first-order valence-electron chi connectivity index (χ1n) is 7.57. The molecule has 1 aliphatic rings. The fourth-order valence-corrected chi connectivity index (χ4v) is 2.48. The van der Waals surface area contributed by atoms with Gasteiger partial charge in [0.05, 0.1) is 17.7 Å². The highest BCUT2D eigenvalue weighted by atomic mass is 19.4. The average molecular weight is 330 g/mol. The van der Waals surface area contributed by atoms with Gasteiger partial charge in [0.25, 0.3) is 0 Å². The number of hydrogen-bond acceptors (Lipinski definition) is 2. The van der Waals surface area contributed by atoms with Crippen LogP contribution in [0.15, 0.2) is 24.3 Å². The molecule has 7 heteroatoms. The molecule has 1 aliphatic carbocycles. The van der Waals surface area contributed by atoms with Crippen LogP contribution in [-0.4, -0.2) is 29.8 Å². The van der Waals surface area contributed by atoms with Crippen LogP contribution in [0.2, 0.25) is 0 Å². The van der Waals surface area contributed by atoms with E-state index < -0.39 is 17.3 Å². The average Bonchev–Trinajstić information content (AvgIpc) is 3.31. The molecule has 3 N–H and O–H groups in total. The summed E-state index contributed by atoms with van der Waals surface area (Å²) >= 11 is 0. The monoisotopic (exact) mass is 330 g/mol. The molecule has 0 aliphatic heterocycles. The van der Waals surface area contributed by atoms with E-state index in [9.17, 15) is 23.1 Å². The molecule has 0 spiro atoms. The van der Waals surface area contributed by atoms with Gasteiger partial charge in [0.15, 0.2) is 0 Å². The van der Waals surface area contributed by atoms with Crippen molar-refractivity contribution in [3.63, 3.8) is 0 Å². The van der Waals surface area contributed by atoms with Crippen molar-refractivity contribution in [1.29, 1.82) is 0 Å². The molecule has 1 fully saturated rings. The maximum Gasteiger partial charge on any atom is 0.416 e. The Labute approximate surface area is 133 Å². The predicted octanol–water partition coefficient (Wildman–Crippen LogP) is 2.71. The number of benzene rings is 1. The van der Waals surface area contributed by atoms with E-state index in [0.717, 1.165) is 25.0 Å². The largest absolute Gasteiger partial charge is 0.416 e. The van der Waals surface area contributed by atoms with Crippen molar-refractivity contribution in [3.05, 3.63) is 35.4 Å². The fraction of sp³-hybridized carbons (Fsp3) is 0.562. The summed E-state index contributed by atoms with van der Waals surface area (Å²) in [7, 11) is 0. The zero-order valence-corrected chi connectivity index (χ0v) is 12.9. The Balaban J connectivity index is 1.77. The maximum atomic E-state index is 12.5. The Kier molecular flexibility index (Phi) is 5.19. The molecule has 2 rings (SSSR count). The lowest BCUT2D eigenvalue weighted by molar-refractivity contribution is -0.137. The van der Waals surface area contributed by atoms with Crippen molar-refractivity contribution in [3.8, 4) is 0 Å². The van der Waals surface area contributed by atoms with Crippen molar-refractivity contribution < 1.29 is 23.1 Å². The number of halogens is 3. The summed E-state index contributed by atoms with van der Waals surface area (Å²) in [5.74, 6) is 0.299. The molecule has 1 atom stereocenters.